The zero-order valence-corrected chi connectivity index (χ0v) is 9.99. The summed E-state index contributed by atoms with van der Waals surface area (Å²) in [6, 6.07) is 4.05. The monoisotopic (exact) mass is 256 g/mol. The smallest absolute Gasteiger partial charge is 0.305 e. The Morgan fingerprint density at radius 2 is 2.18 bits per heavy atom. The van der Waals surface area contributed by atoms with Gasteiger partial charge in [-0.1, -0.05) is 11.6 Å². The number of hydrogen-bond acceptors (Lipinski definition) is 3. The molecular weight excluding hydrogens is 244 g/mol. The summed E-state index contributed by atoms with van der Waals surface area (Å²) >= 11 is 5.73. The van der Waals surface area contributed by atoms with Gasteiger partial charge in [0.15, 0.2) is 0 Å². The summed E-state index contributed by atoms with van der Waals surface area (Å²) in [5, 5.41) is 11.5. The fourth-order valence-corrected chi connectivity index (χ4v) is 1.42. The number of halogens is 1. The number of hydrogen-bond donors (Lipinski definition) is 3. The second kappa shape index (κ2) is 5.54. The topological polar surface area (TPSA) is 92.4 Å². The number of rotatable bonds is 4. The maximum Gasteiger partial charge on any atom is 0.305 e. The molecule has 0 saturated heterocycles. The molecule has 92 valence electrons. The highest BCUT2D eigenvalue weighted by Crippen LogP contribution is 2.19. The molecule has 0 fully saturated rings. The van der Waals surface area contributed by atoms with E-state index < -0.39 is 12.0 Å². The second-order valence-corrected chi connectivity index (χ2v) is 4.12. The van der Waals surface area contributed by atoms with Gasteiger partial charge in [0.1, 0.15) is 0 Å². The molecule has 0 spiro atoms. The summed E-state index contributed by atoms with van der Waals surface area (Å²) < 4.78 is 0. The van der Waals surface area contributed by atoms with Crippen LogP contribution in [0.5, 0.6) is 0 Å². The summed E-state index contributed by atoms with van der Waals surface area (Å²) in [4.78, 5) is 22.1. The molecule has 1 aromatic carbocycles. The van der Waals surface area contributed by atoms with Crippen molar-refractivity contribution in [3.8, 4) is 0 Å². The standard InChI is InChI=1S/C11H13ClN2O3/c1-6(4-10(15)16)14-11(17)7-2-3-8(12)9(13)5-7/h2-3,5-6H,4,13H2,1H3,(H,14,17)(H,15,16). The normalized spacial score (nSPS) is 11.9. The number of carbonyl (C=O) groups excluding carboxylic acids is 1. The average molecular weight is 257 g/mol. The minimum atomic E-state index is -0.964. The predicted molar refractivity (Wildman–Crippen MR) is 65.0 cm³/mol. The molecule has 1 rings (SSSR count). The molecule has 0 saturated carbocycles. The van der Waals surface area contributed by atoms with Gasteiger partial charge in [0.05, 0.1) is 17.1 Å². The quantitative estimate of drug-likeness (QED) is 0.712. The fraction of sp³-hybridized carbons (Fsp3) is 0.273. The lowest BCUT2D eigenvalue weighted by atomic mass is 10.1. The van der Waals surface area contributed by atoms with Crippen LogP contribution in [-0.2, 0) is 4.79 Å². The number of carboxylic acids is 1. The molecule has 17 heavy (non-hydrogen) atoms. The van der Waals surface area contributed by atoms with Crippen molar-refractivity contribution in [3.63, 3.8) is 0 Å². The molecular formula is C11H13ClN2O3. The van der Waals surface area contributed by atoms with E-state index >= 15 is 0 Å². The van der Waals surface area contributed by atoms with Gasteiger partial charge in [-0.15, -0.1) is 0 Å². The SMILES string of the molecule is CC(CC(=O)O)NC(=O)c1ccc(Cl)c(N)c1. The maximum atomic E-state index is 11.7. The van der Waals surface area contributed by atoms with E-state index in [4.69, 9.17) is 22.4 Å². The number of benzene rings is 1. The molecule has 1 amide bonds. The van der Waals surface area contributed by atoms with Crippen LogP contribution in [-0.4, -0.2) is 23.0 Å². The number of aliphatic carboxylic acids is 1. The van der Waals surface area contributed by atoms with Crippen LogP contribution in [0.4, 0.5) is 5.69 Å². The summed E-state index contributed by atoms with van der Waals surface area (Å²) in [5.74, 6) is -1.34. The van der Waals surface area contributed by atoms with E-state index in [-0.39, 0.29) is 12.3 Å². The lowest BCUT2D eigenvalue weighted by Crippen LogP contribution is -2.34. The summed E-state index contributed by atoms with van der Waals surface area (Å²) in [7, 11) is 0. The van der Waals surface area contributed by atoms with Crippen molar-refractivity contribution in [1.82, 2.24) is 5.32 Å². The molecule has 0 aliphatic rings. The molecule has 1 unspecified atom stereocenters. The van der Waals surface area contributed by atoms with E-state index in [0.29, 0.717) is 16.3 Å². The third-order valence-electron chi connectivity index (χ3n) is 2.12. The van der Waals surface area contributed by atoms with Crippen molar-refractivity contribution in [1.29, 1.82) is 0 Å². The van der Waals surface area contributed by atoms with Crippen molar-refractivity contribution < 1.29 is 14.7 Å². The van der Waals surface area contributed by atoms with Crippen molar-refractivity contribution in [3.05, 3.63) is 28.8 Å². The Morgan fingerprint density at radius 3 is 2.71 bits per heavy atom. The molecule has 1 aromatic rings. The molecule has 4 N–H and O–H groups in total. The van der Waals surface area contributed by atoms with Crippen LogP contribution in [0.1, 0.15) is 23.7 Å². The van der Waals surface area contributed by atoms with Gasteiger partial charge >= 0.3 is 5.97 Å². The number of nitrogen functional groups attached to an aromatic ring is 1. The van der Waals surface area contributed by atoms with Crippen molar-refractivity contribution >= 4 is 29.2 Å². The van der Waals surface area contributed by atoms with Gasteiger partial charge in [0, 0.05) is 11.6 Å². The first kappa shape index (κ1) is 13.3. The lowest BCUT2D eigenvalue weighted by molar-refractivity contribution is -0.137. The van der Waals surface area contributed by atoms with Crippen LogP contribution in [0.2, 0.25) is 5.02 Å². The highest BCUT2D eigenvalue weighted by atomic mass is 35.5. The number of nitrogens with one attached hydrogen (secondary N) is 1. The minimum absolute atomic E-state index is 0.130. The Hall–Kier alpha value is -1.75. The number of amides is 1. The molecule has 0 heterocycles. The third kappa shape index (κ3) is 3.96. The number of carbonyl (C=O) groups is 2. The van der Waals surface area contributed by atoms with Gasteiger partial charge in [0.2, 0.25) is 0 Å². The van der Waals surface area contributed by atoms with Crippen LogP contribution in [0.15, 0.2) is 18.2 Å². The lowest BCUT2D eigenvalue weighted by Gasteiger charge is -2.11. The molecule has 0 radical (unpaired) electrons. The van der Waals surface area contributed by atoms with E-state index in [1.807, 2.05) is 0 Å². The number of anilines is 1. The van der Waals surface area contributed by atoms with E-state index in [0.717, 1.165) is 0 Å². The van der Waals surface area contributed by atoms with Crippen molar-refractivity contribution in [2.45, 2.75) is 19.4 Å². The molecule has 0 aliphatic carbocycles. The molecule has 1 atom stereocenters. The zero-order chi connectivity index (χ0) is 13.0. The first-order chi connectivity index (χ1) is 7.90. The molecule has 6 heteroatoms. The Labute approximate surface area is 104 Å². The van der Waals surface area contributed by atoms with E-state index in [1.165, 1.54) is 18.2 Å². The minimum Gasteiger partial charge on any atom is -0.481 e. The Balaban J connectivity index is 2.70. The van der Waals surface area contributed by atoms with Gasteiger partial charge in [-0.25, -0.2) is 0 Å². The Bertz CT molecular complexity index is 448. The highest BCUT2D eigenvalue weighted by Gasteiger charge is 2.13. The maximum absolute atomic E-state index is 11.7. The predicted octanol–water partition coefficient (Wildman–Crippen LogP) is 1.52. The Kier molecular flexibility index (Phi) is 4.34. The average Bonchev–Trinajstić information content (AvgIpc) is 2.20. The van der Waals surface area contributed by atoms with Crippen LogP contribution < -0.4 is 11.1 Å². The van der Waals surface area contributed by atoms with Crippen LogP contribution >= 0.6 is 11.6 Å². The Morgan fingerprint density at radius 1 is 1.53 bits per heavy atom. The number of carboxylic acid groups (broad SMARTS) is 1. The van der Waals surface area contributed by atoms with Crippen molar-refractivity contribution in [2.24, 2.45) is 0 Å². The van der Waals surface area contributed by atoms with E-state index in [2.05, 4.69) is 5.32 Å². The fourth-order valence-electron chi connectivity index (χ4n) is 1.31. The van der Waals surface area contributed by atoms with Crippen LogP contribution in [0.25, 0.3) is 0 Å². The van der Waals surface area contributed by atoms with Gasteiger partial charge in [-0.3, -0.25) is 9.59 Å². The van der Waals surface area contributed by atoms with Gasteiger partial charge < -0.3 is 16.2 Å². The zero-order valence-electron chi connectivity index (χ0n) is 9.24. The molecule has 0 aromatic heterocycles. The molecule has 5 nitrogen and oxygen atoms in total. The second-order valence-electron chi connectivity index (χ2n) is 3.71. The summed E-state index contributed by atoms with van der Waals surface area (Å²) in [6.45, 7) is 1.62. The van der Waals surface area contributed by atoms with Gasteiger partial charge in [-0.05, 0) is 25.1 Å². The van der Waals surface area contributed by atoms with Gasteiger partial charge in [0.25, 0.3) is 5.91 Å². The highest BCUT2D eigenvalue weighted by molar-refractivity contribution is 6.33. The number of nitrogens with two attached hydrogens (primary N) is 1. The molecule has 0 aliphatic heterocycles. The summed E-state index contributed by atoms with van der Waals surface area (Å²) in [6.07, 6.45) is -0.130. The largest absolute Gasteiger partial charge is 0.481 e. The first-order valence-corrected chi connectivity index (χ1v) is 5.35. The summed E-state index contributed by atoms with van der Waals surface area (Å²) in [5.41, 5.74) is 6.23. The van der Waals surface area contributed by atoms with E-state index in [1.54, 1.807) is 6.92 Å². The van der Waals surface area contributed by atoms with Crippen LogP contribution in [0.3, 0.4) is 0 Å². The van der Waals surface area contributed by atoms with Crippen molar-refractivity contribution in [2.75, 3.05) is 5.73 Å². The van der Waals surface area contributed by atoms with Crippen LogP contribution in [0, 0.1) is 0 Å². The first-order valence-electron chi connectivity index (χ1n) is 4.98. The van der Waals surface area contributed by atoms with Gasteiger partial charge in [-0.2, -0.15) is 0 Å². The molecule has 0 bridgehead atoms. The third-order valence-corrected chi connectivity index (χ3v) is 2.46. The van der Waals surface area contributed by atoms with E-state index in [9.17, 15) is 9.59 Å².